The molecule has 5 aromatic rings. The average molecular weight is 551 g/mol. The topological polar surface area (TPSA) is 84.2 Å². The summed E-state index contributed by atoms with van der Waals surface area (Å²) >= 11 is 0. The van der Waals surface area contributed by atoms with Gasteiger partial charge < -0.3 is 23.4 Å². The lowest BCUT2D eigenvalue weighted by atomic mass is 10.0. The second-order valence-electron chi connectivity index (χ2n) is 9.46. The molecule has 0 aliphatic rings. The van der Waals surface area contributed by atoms with Crippen LogP contribution in [0.5, 0.6) is 17.2 Å². The number of ether oxygens (including phenoxy) is 4. The third-order valence-electron chi connectivity index (χ3n) is 6.78. The Bertz CT molecular complexity index is 1770. The third kappa shape index (κ3) is 5.94. The lowest BCUT2D eigenvalue weighted by molar-refractivity contribution is -0.136. The molecule has 0 radical (unpaired) electrons. The van der Waals surface area contributed by atoms with Gasteiger partial charge in [-0.3, -0.25) is 4.79 Å². The minimum atomic E-state index is -0.446. The van der Waals surface area contributed by atoms with Crippen molar-refractivity contribution < 1.29 is 28.2 Å². The van der Waals surface area contributed by atoms with Crippen LogP contribution in [0.3, 0.4) is 0 Å². The van der Waals surface area contributed by atoms with E-state index in [2.05, 4.69) is 0 Å². The summed E-state index contributed by atoms with van der Waals surface area (Å²) in [7, 11) is 2.83. The first kappa shape index (κ1) is 27.5. The summed E-state index contributed by atoms with van der Waals surface area (Å²) in [6.07, 6.45) is 1.97. The van der Waals surface area contributed by atoms with Crippen molar-refractivity contribution in [3.8, 4) is 17.2 Å². The molecule has 0 bridgehead atoms. The summed E-state index contributed by atoms with van der Waals surface area (Å²) in [6, 6.07) is 26.4. The molecule has 0 saturated carbocycles. The SMILES string of the molecule is COC(=O)C(C)=CCc1c(OCc2ccccc2)cc(OC)c2c(=O)c3cccc(OCc4ccccc4)c3oc12. The predicted molar refractivity (Wildman–Crippen MR) is 158 cm³/mol. The summed E-state index contributed by atoms with van der Waals surface area (Å²) in [5, 5.41) is 0.651. The number of hydrogen-bond donors (Lipinski definition) is 0. The molecule has 41 heavy (non-hydrogen) atoms. The first-order valence-corrected chi connectivity index (χ1v) is 13.2. The Morgan fingerprint density at radius 2 is 1.41 bits per heavy atom. The molecule has 0 amide bonds. The number of allylic oxidation sites excluding steroid dienone is 1. The van der Waals surface area contributed by atoms with Crippen molar-refractivity contribution in [2.24, 2.45) is 0 Å². The molecule has 5 rings (SSSR count). The second-order valence-corrected chi connectivity index (χ2v) is 9.46. The Balaban J connectivity index is 1.69. The van der Waals surface area contributed by atoms with E-state index < -0.39 is 5.97 Å². The van der Waals surface area contributed by atoms with Gasteiger partial charge in [-0.25, -0.2) is 4.79 Å². The van der Waals surface area contributed by atoms with Crippen molar-refractivity contribution in [1.29, 1.82) is 0 Å². The zero-order valence-electron chi connectivity index (χ0n) is 23.1. The summed E-state index contributed by atoms with van der Waals surface area (Å²) < 4.78 is 29.4. The fraction of sp³-hybridized carbons (Fsp3) is 0.176. The molecule has 0 atom stereocenters. The van der Waals surface area contributed by atoms with E-state index in [4.69, 9.17) is 23.4 Å². The monoisotopic (exact) mass is 550 g/mol. The molecule has 4 aromatic carbocycles. The van der Waals surface area contributed by atoms with Gasteiger partial charge in [-0.15, -0.1) is 0 Å². The quantitative estimate of drug-likeness (QED) is 0.108. The summed E-state index contributed by atoms with van der Waals surface area (Å²) in [6.45, 7) is 2.26. The number of carbonyl (C=O) groups is 1. The van der Waals surface area contributed by atoms with Crippen LogP contribution in [-0.2, 0) is 29.2 Å². The molecule has 1 heterocycles. The van der Waals surface area contributed by atoms with E-state index in [1.54, 1.807) is 37.3 Å². The number of fused-ring (bicyclic) bond motifs is 2. The zero-order chi connectivity index (χ0) is 28.8. The van der Waals surface area contributed by atoms with Crippen molar-refractivity contribution >= 4 is 27.9 Å². The number of hydrogen-bond acceptors (Lipinski definition) is 7. The molecule has 0 aliphatic carbocycles. The maximum atomic E-state index is 13.9. The van der Waals surface area contributed by atoms with E-state index in [9.17, 15) is 9.59 Å². The maximum absolute atomic E-state index is 13.9. The Kier molecular flexibility index (Phi) is 8.34. The summed E-state index contributed by atoms with van der Waals surface area (Å²) in [4.78, 5) is 26.0. The Hall–Kier alpha value is -5.04. The average Bonchev–Trinajstić information content (AvgIpc) is 3.02. The van der Waals surface area contributed by atoms with Crippen LogP contribution in [0.15, 0.2) is 106 Å². The lowest BCUT2D eigenvalue weighted by Crippen LogP contribution is -2.09. The van der Waals surface area contributed by atoms with Gasteiger partial charge in [0.25, 0.3) is 0 Å². The van der Waals surface area contributed by atoms with E-state index in [1.807, 2.05) is 60.7 Å². The van der Waals surface area contributed by atoms with E-state index >= 15 is 0 Å². The predicted octanol–water partition coefficient (Wildman–Crippen LogP) is 6.77. The van der Waals surface area contributed by atoms with Gasteiger partial charge in [-0.2, -0.15) is 0 Å². The van der Waals surface area contributed by atoms with Crippen LogP contribution in [0.2, 0.25) is 0 Å². The van der Waals surface area contributed by atoms with Crippen molar-refractivity contribution in [1.82, 2.24) is 0 Å². The van der Waals surface area contributed by atoms with Gasteiger partial charge in [-0.1, -0.05) is 72.8 Å². The summed E-state index contributed by atoms with van der Waals surface area (Å²) in [5.74, 6) is 0.786. The van der Waals surface area contributed by atoms with Crippen molar-refractivity contribution in [3.63, 3.8) is 0 Å². The highest BCUT2D eigenvalue weighted by molar-refractivity contribution is 5.98. The molecule has 0 aliphatic heterocycles. The van der Waals surface area contributed by atoms with Crippen LogP contribution in [0, 0.1) is 0 Å². The molecule has 0 saturated heterocycles. The Labute approximate surface area is 237 Å². The normalized spacial score (nSPS) is 11.4. The third-order valence-corrected chi connectivity index (χ3v) is 6.78. The fourth-order valence-electron chi connectivity index (χ4n) is 4.58. The Morgan fingerprint density at radius 3 is 2.02 bits per heavy atom. The Morgan fingerprint density at radius 1 is 0.780 bits per heavy atom. The maximum Gasteiger partial charge on any atom is 0.333 e. The standard InChI is InChI=1S/C34H30O7/c1-22(34(36)38-3)17-18-25-28(40-21-24-13-8-5-9-14-24)19-29(37-2)30-31(35)26-15-10-16-27(32(26)41-33(25)30)39-20-23-11-6-4-7-12-23/h4-17,19H,18,20-21H2,1-3H3. The van der Waals surface area contributed by atoms with Crippen LogP contribution < -0.4 is 19.6 Å². The minimum absolute atomic E-state index is 0.243. The largest absolute Gasteiger partial charge is 0.496 e. The zero-order valence-corrected chi connectivity index (χ0v) is 23.1. The second kappa shape index (κ2) is 12.4. The van der Waals surface area contributed by atoms with Gasteiger partial charge in [0.15, 0.2) is 11.3 Å². The molecular weight excluding hydrogens is 520 g/mol. The molecule has 0 unspecified atom stereocenters. The minimum Gasteiger partial charge on any atom is -0.496 e. The number of para-hydroxylation sites is 1. The molecule has 208 valence electrons. The molecular formula is C34H30O7. The van der Waals surface area contributed by atoms with Crippen LogP contribution in [0.4, 0.5) is 0 Å². The number of rotatable bonds is 10. The number of esters is 1. The van der Waals surface area contributed by atoms with Crippen LogP contribution in [0.25, 0.3) is 21.9 Å². The summed E-state index contributed by atoms with van der Waals surface area (Å²) in [5.41, 5.74) is 3.32. The molecule has 0 spiro atoms. The van der Waals surface area contributed by atoms with Gasteiger partial charge in [0.2, 0.25) is 5.43 Å². The highest BCUT2D eigenvalue weighted by Gasteiger charge is 2.22. The van der Waals surface area contributed by atoms with Crippen LogP contribution in [0.1, 0.15) is 23.6 Å². The first-order chi connectivity index (χ1) is 20.0. The highest BCUT2D eigenvalue weighted by atomic mass is 16.5. The van der Waals surface area contributed by atoms with E-state index in [-0.39, 0.29) is 23.8 Å². The van der Waals surface area contributed by atoms with Crippen LogP contribution >= 0.6 is 0 Å². The highest BCUT2D eigenvalue weighted by Crippen LogP contribution is 2.38. The molecule has 0 N–H and O–H groups in total. The first-order valence-electron chi connectivity index (χ1n) is 13.2. The van der Waals surface area contributed by atoms with Crippen molar-refractivity contribution in [2.75, 3.05) is 14.2 Å². The van der Waals surface area contributed by atoms with Gasteiger partial charge in [0.05, 0.1) is 19.6 Å². The molecule has 1 aromatic heterocycles. The van der Waals surface area contributed by atoms with Crippen molar-refractivity contribution in [3.05, 3.63) is 123 Å². The smallest absolute Gasteiger partial charge is 0.333 e. The lowest BCUT2D eigenvalue weighted by Gasteiger charge is -2.17. The molecule has 0 fully saturated rings. The van der Waals surface area contributed by atoms with Gasteiger partial charge in [-0.05, 0) is 36.6 Å². The van der Waals surface area contributed by atoms with Gasteiger partial charge in [0.1, 0.15) is 35.7 Å². The number of benzene rings is 4. The van der Waals surface area contributed by atoms with Crippen LogP contribution in [-0.4, -0.2) is 20.2 Å². The van der Waals surface area contributed by atoms with E-state index in [0.717, 1.165) is 11.1 Å². The fourth-order valence-corrected chi connectivity index (χ4v) is 4.58. The van der Waals surface area contributed by atoms with Gasteiger partial charge >= 0.3 is 5.97 Å². The molecule has 7 nitrogen and oxygen atoms in total. The molecule has 7 heteroatoms. The number of methoxy groups -OCH3 is 2. The van der Waals surface area contributed by atoms with Crippen molar-refractivity contribution in [2.45, 2.75) is 26.6 Å². The van der Waals surface area contributed by atoms with E-state index in [1.165, 1.54) is 14.2 Å². The van der Waals surface area contributed by atoms with E-state index in [0.29, 0.717) is 51.5 Å². The number of carbonyl (C=O) groups excluding carboxylic acids is 1. The van der Waals surface area contributed by atoms with Gasteiger partial charge in [0, 0.05) is 17.2 Å².